The maximum Gasteiger partial charge on any atom is 0.358 e. The van der Waals surface area contributed by atoms with E-state index in [1.54, 1.807) is 18.3 Å². The molecule has 0 aliphatic rings. The van der Waals surface area contributed by atoms with E-state index in [1.165, 1.54) is 10.9 Å². The summed E-state index contributed by atoms with van der Waals surface area (Å²) in [6.45, 7) is 3.77. The number of nitrogens with two attached hydrogens (primary N) is 1. The number of hydrogen-bond acceptors (Lipinski definition) is 5. The number of carboxylic acids is 1. The topological polar surface area (TPSA) is 103 Å². The van der Waals surface area contributed by atoms with Gasteiger partial charge in [0.1, 0.15) is 0 Å². The summed E-state index contributed by atoms with van der Waals surface area (Å²) in [4.78, 5) is 15.1. The number of anilines is 1. The van der Waals surface area contributed by atoms with Crippen LogP contribution in [0.1, 0.15) is 24.3 Å². The third-order valence-corrected chi connectivity index (χ3v) is 2.28. The van der Waals surface area contributed by atoms with Crippen LogP contribution in [-0.2, 0) is 0 Å². The Morgan fingerprint density at radius 1 is 1.53 bits per heavy atom. The van der Waals surface area contributed by atoms with E-state index < -0.39 is 5.97 Å². The molecular formula is C12H14N4O3. The SMILES string of the molecule is CC(C)Oc1cccnc1-n1cc(N)c(C(=O)O)n1. The Labute approximate surface area is 109 Å². The van der Waals surface area contributed by atoms with Gasteiger partial charge < -0.3 is 15.6 Å². The summed E-state index contributed by atoms with van der Waals surface area (Å²) in [5.41, 5.74) is 5.47. The number of ether oxygens (including phenoxy) is 1. The van der Waals surface area contributed by atoms with Gasteiger partial charge >= 0.3 is 5.97 Å². The van der Waals surface area contributed by atoms with E-state index in [0.717, 1.165) is 0 Å². The smallest absolute Gasteiger partial charge is 0.358 e. The monoisotopic (exact) mass is 262 g/mol. The highest BCUT2D eigenvalue weighted by molar-refractivity contribution is 5.91. The summed E-state index contributed by atoms with van der Waals surface area (Å²) >= 11 is 0. The van der Waals surface area contributed by atoms with Gasteiger partial charge in [-0.15, -0.1) is 0 Å². The molecule has 7 nitrogen and oxygen atoms in total. The van der Waals surface area contributed by atoms with Crippen LogP contribution in [0.5, 0.6) is 5.75 Å². The molecule has 7 heteroatoms. The summed E-state index contributed by atoms with van der Waals surface area (Å²) < 4.78 is 6.90. The van der Waals surface area contributed by atoms with Gasteiger partial charge in [0.15, 0.2) is 17.3 Å². The van der Waals surface area contributed by atoms with E-state index in [2.05, 4.69) is 10.1 Å². The van der Waals surface area contributed by atoms with Crippen molar-refractivity contribution in [2.45, 2.75) is 20.0 Å². The number of aromatic nitrogens is 3. The first-order chi connectivity index (χ1) is 8.99. The van der Waals surface area contributed by atoms with Crippen molar-refractivity contribution in [3.05, 3.63) is 30.2 Å². The van der Waals surface area contributed by atoms with E-state index in [9.17, 15) is 4.79 Å². The number of pyridine rings is 1. The quantitative estimate of drug-likeness (QED) is 0.861. The molecule has 0 spiro atoms. The fraction of sp³-hybridized carbons (Fsp3) is 0.250. The molecular weight excluding hydrogens is 248 g/mol. The number of rotatable bonds is 4. The fourth-order valence-electron chi connectivity index (χ4n) is 1.56. The molecule has 3 N–H and O–H groups in total. The van der Waals surface area contributed by atoms with E-state index in [4.69, 9.17) is 15.6 Å². The predicted molar refractivity (Wildman–Crippen MR) is 68.5 cm³/mol. The van der Waals surface area contributed by atoms with Crippen LogP contribution < -0.4 is 10.5 Å². The third kappa shape index (κ3) is 2.65. The lowest BCUT2D eigenvalue weighted by Gasteiger charge is -2.12. The molecule has 2 heterocycles. The average Bonchev–Trinajstić information content (AvgIpc) is 2.71. The normalized spacial score (nSPS) is 10.7. The molecule has 0 bridgehead atoms. The zero-order valence-electron chi connectivity index (χ0n) is 10.6. The lowest BCUT2D eigenvalue weighted by atomic mass is 10.4. The van der Waals surface area contributed by atoms with Crippen LogP contribution in [0.3, 0.4) is 0 Å². The number of hydrogen-bond donors (Lipinski definition) is 2. The molecule has 0 aliphatic heterocycles. The van der Waals surface area contributed by atoms with Crippen LogP contribution in [0.4, 0.5) is 5.69 Å². The van der Waals surface area contributed by atoms with Gasteiger partial charge in [-0.1, -0.05) is 0 Å². The predicted octanol–water partition coefficient (Wildman–Crippen LogP) is 1.33. The zero-order chi connectivity index (χ0) is 14.0. The van der Waals surface area contributed by atoms with Crippen molar-refractivity contribution in [3.8, 4) is 11.6 Å². The Bertz CT molecular complexity index is 607. The van der Waals surface area contributed by atoms with E-state index >= 15 is 0 Å². The summed E-state index contributed by atoms with van der Waals surface area (Å²) in [6, 6.07) is 3.47. The van der Waals surface area contributed by atoms with E-state index in [-0.39, 0.29) is 17.5 Å². The van der Waals surface area contributed by atoms with Crippen molar-refractivity contribution in [2.24, 2.45) is 0 Å². The van der Waals surface area contributed by atoms with Crippen molar-refractivity contribution < 1.29 is 14.6 Å². The molecule has 0 atom stereocenters. The molecule has 0 amide bonds. The maximum absolute atomic E-state index is 10.9. The van der Waals surface area contributed by atoms with Gasteiger partial charge in [-0.25, -0.2) is 14.5 Å². The summed E-state index contributed by atoms with van der Waals surface area (Å²) in [5, 5.41) is 12.8. The number of nitrogens with zero attached hydrogens (tertiary/aromatic N) is 3. The molecule has 2 rings (SSSR count). The van der Waals surface area contributed by atoms with Crippen molar-refractivity contribution in [1.82, 2.24) is 14.8 Å². The van der Waals surface area contributed by atoms with E-state index in [1.807, 2.05) is 13.8 Å². The highest BCUT2D eigenvalue weighted by Crippen LogP contribution is 2.22. The molecule has 2 aromatic rings. The molecule has 100 valence electrons. The lowest BCUT2D eigenvalue weighted by molar-refractivity contribution is 0.0691. The largest absolute Gasteiger partial charge is 0.487 e. The van der Waals surface area contributed by atoms with Gasteiger partial charge in [0.2, 0.25) is 0 Å². The number of nitrogen functional groups attached to an aromatic ring is 1. The second-order valence-electron chi connectivity index (χ2n) is 4.17. The van der Waals surface area contributed by atoms with E-state index in [0.29, 0.717) is 11.6 Å². The Morgan fingerprint density at radius 2 is 2.26 bits per heavy atom. The average molecular weight is 262 g/mol. The standard InChI is InChI=1S/C12H14N4O3/c1-7(2)19-9-4-3-5-14-11(9)16-6-8(13)10(15-16)12(17)18/h3-7H,13H2,1-2H3,(H,17,18). The lowest BCUT2D eigenvalue weighted by Crippen LogP contribution is -2.10. The highest BCUT2D eigenvalue weighted by atomic mass is 16.5. The summed E-state index contributed by atoms with van der Waals surface area (Å²) in [6.07, 6.45) is 2.94. The van der Waals surface area contributed by atoms with Gasteiger partial charge in [-0.3, -0.25) is 0 Å². The molecule has 0 aromatic carbocycles. The Hall–Kier alpha value is -2.57. The first-order valence-electron chi connectivity index (χ1n) is 5.69. The molecule has 0 unspecified atom stereocenters. The van der Waals surface area contributed by atoms with Crippen LogP contribution >= 0.6 is 0 Å². The third-order valence-electron chi connectivity index (χ3n) is 2.28. The summed E-state index contributed by atoms with van der Waals surface area (Å²) in [7, 11) is 0. The molecule has 0 radical (unpaired) electrons. The van der Waals surface area contributed by atoms with Gasteiger partial charge in [-0.05, 0) is 26.0 Å². The first-order valence-corrected chi connectivity index (χ1v) is 5.69. The Morgan fingerprint density at radius 3 is 2.84 bits per heavy atom. The highest BCUT2D eigenvalue weighted by Gasteiger charge is 2.17. The van der Waals surface area contributed by atoms with Crippen LogP contribution in [0.25, 0.3) is 5.82 Å². The molecule has 0 aliphatic carbocycles. The van der Waals surface area contributed by atoms with Gasteiger partial charge in [0.05, 0.1) is 18.0 Å². The number of carbonyl (C=O) groups is 1. The number of aromatic carboxylic acids is 1. The molecule has 0 saturated carbocycles. The van der Waals surface area contributed by atoms with Crippen molar-refractivity contribution in [3.63, 3.8) is 0 Å². The van der Waals surface area contributed by atoms with Gasteiger partial charge in [0, 0.05) is 6.20 Å². The van der Waals surface area contributed by atoms with Gasteiger partial charge in [0.25, 0.3) is 0 Å². The summed E-state index contributed by atoms with van der Waals surface area (Å²) in [5.74, 6) is -0.272. The van der Waals surface area contributed by atoms with Crippen molar-refractivity contribution >= 4 is 11.7 Å². The minimum atomic E-state index is -1.18. The molecule has 2 aromatic heterocycles. The van der Waals surface area contributed by atoms with Crippen LogP contribution in [-0.4, -0.2) is 31.9 Å². The molecule has 0 saturated heterocycles. The Kier molecular flexibility index (Phi) is 3.37. The van der Waals surface area contributed by atoms with Crippen LogP contribution in [0.2, 0.25) is 0 Å². The second-order valence-corrected chi connectivity index (χ2v) is 4.17. The van der Waals surface area contributed by atoms with Gasteiger partial charge in [-0.2, -0.15) is 5.10 Å². The zero-order valence-corrected chi connectivity index (χ0v) is 10.6. The first kappa shape index (κ1) is 12.9. The van der Waals surface area contributed by atoms with Crippen molar-refractivity contribution in [1.29, 1.82) is 0 Å². The molecule has 0 fully saturated rings. The van der Waals surface area contributed by atoms with Crippen LogP contribution in [0, 0.1) is 0 Å². The fourth-order valence-corrected chi connectivity index (χ4v) is 1.56. The number of carboxylic acid groups (broad SMARTS) is 1. The minimum absolute atomic E-state index is 0.0326. The maximum atomic E-state index is 10.9. The second kappa shape index (κ2) is 4.97. The minimum Gasteiger partial charge on any atom is -0.487 e. The van der Waals surface area contributed by atoms with Crippen LogP contribution in [0.15, 0.2) is 24.5 Å². The molecule has 19 heavy (non-hydrogen) atoms. The Balaban J connectivity index is 2.47. The van der Waals surface area contributed by atoms with Crippen molar-refractivity contribution in [2.75, 3.05) is 5.73 Å².